The highest BCUT2D eigenvalue weighted by Crippen LogP contribution is 2.41. The first-order chi connectivity index (χ1) is 8.40. The molecule has 0 aromatic carbocycles. The molecule has 18 heavy (non-hydrogen) atoms. The van der Waals surface area contributed by atoms with Crippen LogP contribution in [0.25, 0.3) is 0 Å². The van der Waals surface area contributed by atoms with Crippen molar-refractivity contribution in [2.75, 3.05) is 19.7 Å². The summed E-state index contributed by atoms with van der Waals surface area (Å²) in [7, 11) is 0. The minimum Gasteiger partial charge on any atom is -0.444 e. The van der Waals surface area contributed by atoms with E-state index in [0.29, 0.717) is 18.4 Å². The molecule has 0 spiro atoms. The highest BCUT2D eigenvalue weighted by atomic mass is 16.6. The number of likely N-dealkylation sites (tertiary alicyclic amines) is 1. The first-order valence-corrected chi connectivity index (χ1v) is 6.99. The number of hydrogen-bond donors (Lipinski definition) is 1. The zero-order chi connectivity index (χ0) is 13.3. The van der Waals surface area contributed by atoms with Gasteiger partial charge in [-0.05, 0) is 32.6 Å². The van der Waals surface area contributed by atoms with Crippen molar-refractivity contribution >= 4 is 6.09 Å². The van der Waals surface area contributed by atoms with Gasteiger partial charge < -0.3 is 14.7 Å². The zero-order valence-electron chi connectivity index (χ0n) is 11.7. The maximum atomic E-state index is 12.0. The summed E-state index contributed by atoms with van der Waals surface area (Å²) in [6.45, 7) is 7.23. The summed E-state index contributed by atoms with van der Waals surface area (Å²) in [6.07, 6.45) is 3.57. The Morgan fingerprint density at radius 3 is 2.44 bits per heavy atom. The quantitative estimate of drug-likeness (QED) is 0.823. The highest BCUT2D eigenvalue weighted by Gasteiger charge is 2.42. The molecule has 2 unspecified atom stereocenters. The van der Waals surface area contributed by atoms with Gasteiger partial charge in [0.15, 0.2) is 0 Å². The number of amides is 1. The predicted octanol–water partition coefficient (Wildman–Crippen LogP) is 2.26. The number of carbonyl (C=O) groups is 1. The molecule has 0 aromatic heterocycles. The molecule has 1 amide bonds. The minimum atomic E-state index is -0.444. The second kappa shape index (κ2) is 5.08. The van der Waals surface area contributed by atoms with Gasteiger partial charge in [0.05, 0.1) is 0 Å². The maximum Gasteiger partial charge on any atom is 0.410 e. The van der Waals surface area contributed by atoms with E-state index in [2.05, 4.69) is 0 Å². The number of carbonyl (C=O) groups excluding carboxylic acids is 1. The molecule has 104 valence electrons. The summed E-state index contributed by atoms with van der Waals surface area (Å²) in [4.78, 5) is 13.8. The average molecular weight is 255 g/mol. The summed E-state index contributed by atoms with van der Waals surface area (Å²) in [6, 6.07) is 0. The first kappa shape index (κ1) is 13.7. The first-order valence-electron chi connectivity index (χ1n) is 6.99. The van der Waals surface area contributed by atoms with E-state index in [4.69, 9.17) is 4.74 Å². The van der Waals surface area contributed by atoms with Crippen LogP contribution in [-0.2, 0) is 4.74 Å². The Hall–Kier alpha value is -0.770. The molecule has 2 atom stereocenters. The topological polar surface area (TPSA) is 49.8 Å². The maximum absolute atomic E-state index is 12.0. The molecule has 1 heterocycles. The molecule has 2 aliphatic rings. The summed E-state index contributed by atoms with van der Waals surface area (Å²) < 4.78 is 5.40. The molecule has 0 radical (unpaired) electrons. The van der Waals surface area contributed by atoms with Crippen molar-refractivity contribution in [2.45, 2.75) is 45.6 Å². The number of nitrogens with zero attached hydrogens (tertiary/aromatic N) is 1. The van der Waals surface area contributed by atoms with Gasteiger partial charge in [-0.15, -0.1) is 0 Å². The van der Waals surface area contributed by atoms with Crippen LogP contribution in [0.1, 0.15) is 40.0 Å². The van der Waals surface area contributed by atoms with Crippen LogP contribution >= 0.6 is 0 Å². The SMILES string of the molecule is CC(C)(C)OC(=O)N1CC(CO)C(C2CCC2)C1. The molecule has 0 bridgehead atoms. The number of aliphatic hydroxyl groups excluding tert-OH is 1. The van der Waals surface area contributed by atoms with Crippen molar-refractivity contribution in [3.63, 3.8) is 0 Å². The van der Waals surface area contributed by atoms with Crippen molar-refractivity contribution < 1.29 is 14.6 Å². The van der Waals surface area contributed by atoms with E-state index in [9.17, 15) is 9.90 Å². The van der Waals surface area contributed by atoms with Crippen LogP contribution in [0.15, 0.2) is 0 Å². The molecule has 1 saturated carbocycles. The van der Waals surface area contributed by atoms with Crippen LogP contribution in [0.5, 0.6) is 0 Å². The third-order valence-corrected chi connectivity index (χ3v) is 4.13. The van der Waals surface area contributed by atoms with Crippen molar-refractivity contribution in [3.8, 4) is 0 Å². The summed E-state index contributed by atoms with van der Waals surface area (Å²) in [5.74, 6) is 1.41. The van der Waals surface area contributed by atoms with Crippen LogP contribution in [-0.4, -0.2) is 41.4 Å². The largest absolute Gasteiger partial charge is 0.444 e. The average Bonchev–Trinajstić information content (AvgIpc) is 2.56. The van der Waals surface area contributed by atoms with Gasteiger partial charge in [0.1, 0.15) is 5.60 Å². The van der Waals surface area contributed by atoms with E-state index in [1.54, 1.807) is 4.90 Å². The molecular weight excluding hydrogens is 230 g/mol. The Bertz CT molecular complexity index is 307. The number of aliphatic hydroxyl groups is 1. The minimum absolute atomic E-state index is 0.181. The van der Waals surface area contributed by atoms with Crippen LogP contribution in [0.4, 0.5) is 4.79 Å². The molecule has 1 saturated heterocycles. The molecule has 1 aliphatic heterocycles. The van der Waals surface area contributed by atoms with Gasteiger partial charge in [-0.3, -0.25) is 0 Å². The monoisotopic (exact) mass is 255 g/mol. The van der Waals surface area contributed by atoms with E-state index in [1.807, 2.05) is 20.8 Å². The van der Waals surface area contributed by atoms with E-state index >= 15 is 0 Å². The lowest BCUT2D eigenvalue weighted by atomic mass is 9.72. The molecule has 1 aliphatic carbocycles. The van der Waals surface area contributed by atoms with Gasteiger partial charge in [0.25, 0.3) is 0 Å². The van der Waals surface area contributed by atoms with E-state index in [1.165, 1.54) is 19.3 Å². The van der Waals surface area contributed by atoms with Gasteiger partial charge in [0.2, 0.25) is 0 Å². The van der Waals surface area contributed by atoms with Gasteiger partial charge in [-0.25, -0.2) is 4.79 Å². The normalized spacial score (nSPS) is 29.2. The lowest BCUT2D eigenvalue weighted by Gasteiger charge is -2.33. The third kappa shape index (κ3) is 2.97. The van der Waals surface area contributed by atoms with Crippen LogP contribution in [0, 0.1) is 17.8 Å². The van der Waals surface area contributed by atoms with E-state index in [-0.39, 0.29) is 18.6 Å². The van der Waals surface area contributed by atoms with Crippen LogP contribution < -0.4 is 0 Å². The highest BCUT2D eigenvalue weighted by molar-refractivity contribution is 5.68. The van der Waals surface area contributed by atoms with Gasteiger partial charge in [-0.2, -0.15) is 0 Å². The Labute approximate surface area is 109 Å². The standard InChI is InChI=1S/C14H25NO3/c1-14(2,3)18-13(17)15-7-11(9-16)12(8-15)10-5-4-6-10/h10-12,16H,4-9H2,1-3H3. The van der Waals surface area contributed by atoms with E-state index < -0.39 is 5.60 Å². The van der Waals surface area contributed by atoms with Crippen molar-refractivity contribution in [1.29, 1.82) is 0 Å². The van der Waals surface area contributed by atoms with Crippen LogP contribution in [0.3, 0.4) is 0 Å². The fourth-order valence-corrected chi connectivity index (χ4v) is 2.97. The Morgan fingerprint density at radius 2 is 2.00 bits per heavy atom. The molecular formula is C14H25NO3. The second-order valence-corrected chi connectivity index (χ2v) is 6.68. The molecule has 1 N–H and O–H groups in total. The Morgan fingerprint density at radius 1 is 1.33 bits per heavy atom. The van der Waals surface area contributed by atoms with Crippen molar-refractivity contribution in [1.82, 2.24) is 4.90 Å². The number of rotatable bonds is 2. The van der Waals surface area contributed by atoms with Gasteiger partial charge in [0, 0.05) is 25.6 Å². The second-order valence-electron chi connectivity index (χ2n) is 6.68. The zero-order valence-corrected chi connectivity index (χ0v) is 11.7. The Kier molecular flexibility index (Phi) is 3.85. The fourth-order valence-electron chi connectivity index (χ4n) is 2.97. The molecule has 2 fully saturated rings. The molecule has 2 rings (SSSR count). The lowest BCUT2D eigenvalue weighted by molar-refractivity contribution is 0.0276. The summed E-state index contributed by atoms with van der Waals surface area (Å²) in [5.41, 5.74) is -0.444. The van der Waals surface area contributed by atoms with Crippen molar-refractivity contribution in [2.24, 2.45) is 17.8 Å². The van der Waals surface area contributed by atoms with Gasteiger partial charge >= 0.3 is 6.09 Å². The molecule has 0 aromatic rings. The fraction of sp³-hybridized carbons (Fsp3) is 0.929. The lowest BCUT2D eigenvalue weighted by Crippen LogP contribution is -2.36. The summed E-state index contributed by atoms with van der Waals surface area (Å²) >= 11 is 0. The molecule has 4 heteroatoms. The molecule has 4 nitrogen and oxygen atoms in total. The van der Waals surface area contributed by atoms with Gasteiger partial charge in [-0.1, -0.05) is 19.3 Å². The summed E-state index contributed by atoms with van der Waals surface area (Å²) in [5, 5.41) is 9.46. The van der Waals surface area contributed by atoms with Crippen LogP contribution in [0.2, 0.25) is 0 Å². The van der Waals surface area contributed by atoms with E-state index in [0.717, 1.165) is 6.54 Å². The number of hydrogen-bond acceptors (Lipinski definition) is 3. The van der Waals surface area contributed by atoms with Crippen molar-refractivity contribution in [3.05, 3.63) is 0 Å². The smallest absolute Gasteiger partial charge is 0.410 e. The Balaban J connectivity index is 1.93. The third-order valence-electron chi connectivity index (χ3n) is 4.13. The predicted molar refractivity (Wildman–Crippen MR) is 69.2 cm³/mol. The number of ether oxygens (including phenoxy) is 1.